The minimum Gasteiger partial charge on any atom is -0.392 e. The molecule has 2 aliphatic heterocycles. The second-order valence-electron chi connectivity index (χ2n) is 16.0. The molecular weight excluding hydrogens is 759 g/mol. The van der Waals surface area contributed by atoms with Crippen LogP contribution in [0.2, 0.25) is 0 Å². The number of amides is 2. The molecule has 0 unspecified atom stereocenters. The molecule has 306 valence electrons. The Kier molecular flexibility index (Phi) is 12.1. The summed E-state index contributed by atoms with van der Waals surface area (Å²) in [5, 5.41) is 10.3. The van der Waals surface area contributed by atoms with Crippen LogP contribution in [0.15, 0.2) is 97.1 Å². The van der Waals surface area contributed by atoms with Crippen LogP contribution in [-0.2, 0) is 42.4 Å². The Hall–Kier alpha value is -6.39. The number of hydrogen-bond donors (Lipinski definition) is 1. The van der Waals surface area contributed by atoms with Crippen molar-refractivity contribution < 1.29 is 28.3 Å². The number of aromatic nitrogens is 2. The van der Waals surface area contributed by atoms with Crippen LogP contribution in [0.1, 0.15) is 103 Å². The number of fused-ring (bicyclic) bond motifs is 6. The maximum absolute atomic E-state index is 13.6. The van der Waals surface area contributed by atoms with Gasteiger partial charge in [-0.15, -0.1) is 0 Å². The summed E-state index contributed by atoms with van der Waals surface area (Å²) in [4.78, 5) is 50.5. The maximum Gasteiger partial charge on any atom is 0.220 e. The lowest BCUT2D eigenvalue weighted by Gasteiger charge is -2.24. The third-order valence-electron chi connectivity index (χ3n) is 11.3. The van der Waals surface area contributed by atoms with Gasteiger partial charge in [-0.1, -0.05) is 100 Å². The van der Waals surface area contributed by atoms with Gasteiger partial charge in [0.1, 0.15) is 11.6 Å². The lowest BCUT2D eigenvalue weighted by molar-refractivity contribution is -0.130. The summed E-state index contributed by atoms with van der Waals surface area (Å²) in [7, 11) is 0. The van der Waals surface area contributed by atoms with Crippen molar-refractivity contribution in [3.8, 4) is 44.8 Å². The quantitative estimate of drug-likeness (QED) is 0.168. The molecule has 2 aliphatic rings. The van der Waals surface area contributed by atoms with Crippen molar-refractivity contribution in [3.63, 3.8) is 0 Å². The van der Waals surface area contributed by atoms with E-state index in [1.54, 1.807) is 47.9 Å². The normalized spacial score (nSPS) is 13.0. The summed E-state index contributed by atoms with van der Waals surface area (Å²) in [6, 6.07) is 28.3. The molecule has 0 radical (unpaired) electrons. The van der Waals surface area contributed by atoms with E-state index in [-0.39, 0.29) is 41.9 Å². The minimum atomic E-state index is -0.341. The summed E-state index contributed by atoms with van der Waals surface area (Å²) < 4.78 is 27.3. The van der Waals surface area contributed by atoms with Crippen molar-refractivity contribution in [2.75, 3.05) is 0 Å². The van der Waals surface area contributed by atoms with E-state index < -0.39 is 0 Å². The molecule has 2 amide bonds. The molecule has 60 heavy (non-hydrogen) atoms. The number of aliphatic hydroxyl groups is 1. The van der Waals surface area contributed by atoms with Crippen LogP contribution in [-0.4, -0.2) is 43.0 Å². The van der Waals surface area contributed by atoms with Gasteiger partial charge in [0.25, 0.3) is 0 Å². The largest absolute Gasteiger partial charge is 0.392 e. The molecule has 0 spiro atoms. The Balaban J connectivity index is 0.000000181. The number of aldehydes is 1. The fourth-order valence-electron chi connectivity index (χ4n) is 8.33. The van der Waals surface area contributed by atoms with E-state index in [9.17, 15) is 28.3 Å². The van der Waals surface area contributed by atoms with E-state index in [2.05, 4.69) is 0 Å². The van der Waals surface area contributed by atoms with Gasteiger partial charge in [-0.2, -0.15) is 0 Å². The predicted octanol–water partition coefficient (Wildman–Crippen LogP) is 10.4. The van der Waals surface area contributed by atoms with Gasteiger partial charge in [-0.25, -0.2) is 8.78 Å². The molecule has 6 aromatic rings. The van der Waals surface area contributed by atoms with Crippen molar-refractivity contribution in [3.05, 3.63) is 153 Å². The van der Waals surface area contributed by atoms with Gasteiger partial charge in [0.2, 0.25) is 11.8 Å². The number of hydrogen-bond acceptors (Lipinski definition) is 6. The van der Waals surface area contributed by atoms with E-state index in [1.165, 1.54) is 24.3 Å². The highest BCUT2D eigenvalue weighted by Gasteiger charge is 2.30. The van der Waals surface area contributed by atoms with Crippen LogP contribution in [0.4, 0.5) is 8.78 Å². The number of nitrogens with zero attached hydrogens (tertiary/aromatic N) is 4. The van der Waals surface area contributed by atoms with Gasteiger partial charge >= 0.3 is 0 Å². The summed E-state index contributed by atoms with van der Waals surface area (Å²) in [6.07, 6.45) is 0.830. The zero-order valence-corrected chi connectivity index (χ0v) is 34.7. The number of halogens is 2. The highest BCUT2D eigenvalue weighted by Crippen LogP contribution is 2.43. The third-order valence-corrected chi connectivity index (χ3v) is 11.3. The van der Waals surface area contributed by atoms with Gasteiger partial charge in [0.15, 0.2) is 6.29 Å². The third kappa shape index (κ3) is 8.12. The smallest absolute Gasteiger partial charge is 0.220 e. The molecule has 0 aliphatic carbocycles. The first-order valence-corrected chi connectivity index (χ1v) is 20.2. The van der Waals surface area contributed by atoms with Crippen molar-refractivity contribution in [2.45, 2.75) is 86.2 Å². The summed E-state index contributed by atoms with van der Waals surface area (Å²) in [5.41, 5.74) is 13.2. The molecule has 10 heteroatoms. The van der Waals surface area contributed by atoms with Crippen molar-refractivity contribution >= 4 is 18.1 Å². The van der Waals surface area contributed by atoms with Crippen LogP contribution in [0.25, 0.3) is 44.8 Å². The van der Waals surface area contributed by atoms with Crippen LogP contribution in [0, 0.1) is 11.6 Å². The van der Waals surface area contributed by atoms with E-state index in [4.69, 9.17) is 9.97 Å². The predicted molar refractivity (Wildman–Crippen MR) is 229 cm³/mol. The molecule has 8 rings (SSSR count). The maximum atomic E-state index is 13.6. The monoisotopic (exact) mass is 806 g/mol. The average molecular weight is 807 g/mol. The van der Waals surface area contributed by atoms with Crippen LogP contribution >= 0.6 is 0 Å². The standard InChI is InChI=1S/C25H25FN2O2.C25H23FN2O2/c2*1-15(2)24-22(14-29)23(17-8-10-19(26)11-9-17)21-13-28(16(3)30)12-18-6-4-5-7-20(18)25(21)27-24/h4-11,15,29H,12-14H2,1-3H3;4-11,14-15H,12-13H2,1-3H3. The molecule has 2 aromatic heterocycles. The van der Waals surface area contributed by atoms with E-state index in [0.717, 1.165) is 84.6 Å². The first-order chi connectivity index (χ1) is 28.8. The van der Waals surface area contributed by atoms with E-state index in [1.807, 2.05) is 76.2 Å². The average Bonchev–Trinajstić information content (AvgIpc) is 3.51. The fraction of sp³-hybridized carbons (Fsp3) is 0.260. The first kappa shape index (κ1) is 41.8. The van der Waals surface area contributed by atoms with Crippen molar-refractivity contribution in [1.29, 1.82) is 0 Å². The Bertz CT molecular complexity index is 2600. The lowest BCUT2D eigenvalue weighted by atomic mass is 9.88. The number of rotatable bonds is 6. The second-order valence-corrected chi connectivity index (χ2v) is 16.0. The molecule has 0 saturated heterocycles. The number of pyridine rings is 2. The first-order valence-electron chi connectivity index (χ1n) is 20.2. The van der Waals surface area contributed by atoms with Gasteiger partial charge in [-0.3, -0.25) is 24.4 Å². The molecule has 0 fully saturated rings. The Morgan fingerprint density at radius 1 is 0.633 bits per heavy atom. The molecule has 1 N–H and O–H groups in total. The van der Waals surface area contributed by atoms with Gasteiger partial charge in [0, 0.05) is 84.7 Å². The molecule has 8 nitrogen and oxygen atoms in total. The number of aliphatic hydroxyl groups excluding tert-OH is 1. The van der Waals surface area contributed by atoms with Crippen LogP contribution in [0.5, 0.6) is 0 Å². The minimum absolute atomic E-state index is 0.0222. The van der Waals surface area contributed by atoms with Crippen molar-refractivity contribution in [1.82, 2.24) is 19.8 Å². The number of carbonyl (C=O) groups is 3. The highest BCUT2D eigenvalue weighted by molar-refractivity contribution is 5.94. The Morgan fingerprint density at radius 3 is 1.47 bits per heavy atom. The van der Waals surface area contributed by atoms with Crippen LogP contribution < -0.4 is 0 Å². The fourth-order valence-corrected chi connectivity index (χ4v) is 8.33. The second kappa shape index (κ2) is 17.5. The summed E-state index contributed by atoms with van der Waals surface area (Å²) in [5.74, 6) is -0.620. The zero-order valence-electron chi connectivity index (χ0n) is 34.7. The molecule has 0 bridgehead atoms. The molecule has 4 heterocycles. The van der Waals surface area contributed by atoms with E-state index in [0.29, 0.717) is 37.4 Å². The number of carbonyl (C=O) groups excluding carboxylic acids is 3. The highest BCUT2D eigenvalue weighted by atomic mass is 19.1. The summed E-state index contributed by atoms with van der Waals surface area (Å²) in [6.45, 7) is 12.7. The topological polar surface area (TPSA) is 104 Å². The Labute approximate surface area is 349 Å². The molecule has 0 saturated carbocycles. The molecule has 0 atom stereocenters. The van der Waals surface area contributed by atoms with Gasteiger partial charge in [0.05, 0.1) is 23.7 Å². The molecule has 4 aromatic carbocycles. The van der Waals surface area contributed by atoms with Crippen LogP contribution in [0.3, 0.4) is 0 Å². The zero-order chi connectivity index (χ0) is 42.8. The van der Waals surface area contributed by atoms with Gasteiger partial charge in [-0.05, 0) is 63.9 Å². The lowest BCUT2D eigenvalue weighted by Crippen LogP contribution is -2.27. The number of benzene rings is 4. The Morgan fingerprint density at radius 2 is 1.05 bits per heavy atom. The van der Waals surface area contributed by atoms with E-state index >= 15 is 0 Å². The summed E-state index contributed by atoms with van der Waals surface area (Å²) >= 11 is 0. The van der Waals surface area contributed by atoms with Gasteiger partial charge < -0.3 is 14.9 Å². The SMILES string of the molecule is CC(=O)N1Cc2ccccc2-c2nc(C(C)C)c(C=O)c(-c3ccc(F)cc3)c2C1.CC(=O)N1Cc2ccccc2-c2nc(C(C)C)c(CO)c(-c3ccc(F)cc3)c2C1. The molecular formula is C50H48F2N4O4. The van der Waals surface area contributed by atoms with Crippen molar-refractivity contribution in [2.24, 2.45) is 0 Å².